The molecule has 2 atom stereocenters. The standard InChI is InChI=1S/C34H39F2N5O4/c1-20(2)12-29(41-17-23(13-26(36)34(41)45)8-10-39-18-25(35)19-39)33(44)38-27(16-31(42)43)24-14-28(40-11-9-37-30(40)15-24)32-21(3)6-5-7-22(32)4/h5-7,9,11,13-15,17,20,25,27,29H,8,10,12,16,18-19H2,1-4H3,(H,38,44)(H,42,43)/t27?,29-/m1/s1. The van der Waals surface area contributed by atoms with E-state index in [9.17, 15) is 28.3 Å². The number of aryl methyl sites for hydroxylation is 2. The minimum atomic E-state index is -1.12. The number of alkyl halides is 1. The summed E-state index contributed by atoms with van der Waals surface area (Å²) in [4.78, 5) is 45.5. The number of amides is 1. The zero-order valence-corrected chi connectivity index (χ0v) is 26.0. The molecule has 1 aliphatic heterocycles. The van der Waals surface area contributed by atoms with E-state index in [1.54, 1.807) is 12.3 Å². The molecule has 0 spiro atoms. The smallest absolute Gasteiger partial charge is 0.305 e. The number of carbonyl (C=O) groups is 2. The van der Waals surface area contributed by atoms with Gasteiger partial charge in [-0.1, -0.05) is 32.0 Å². The Morgan fingerprint density at radius 2 is 1.84 bits per heavy atom. The number of hydrogen-bond donors (Lipinski definition) is 2. The number of rotatable bonds is 12. The number of fused-ring (bicyclic) bond motifs is 1. The molecule has 0 saturated carbocycles. The van der Waals surface area contributed by atoms with E-state index >= 15 is 0 Å². The van der Waals surface area contributed by atoms with Gasteiger partial charge in [-0.05, 0) is 73.1 Å². The van der Waals surface area contributed by atoms with Crippen LogP contribution >= 0.6 is 0 Å². The molecule has 4 aromatic rings. The van der Waals surface area contributed by atoms with Gasteiger partial charge in [0.1, 0.15) is 17.9 Å². The fraction of sp³-hybridized carbons (Fsp3) is 0.412. The SMILES string of the molecule is Cc1cccc(C)c1-c1cc(C(CC(=O)O)NC(=O)[C@@H](CC(C)C)n2cc(CCN3CC(F)C3)cc(F)c2=O)cc2nccn12. The molecule has 0 bridgehead atoms. The molecular weight excluding hydrogens is 580 g/mol. The summed E-state index contributed by atoms with van der Waals surface area (Å²) < 4.78 is 31.2. The van der Waals surface area contributed by atoms with Crippen LogP contribution in [-0.4, -0.2) is 61.6 Å². The van der Waals surface area contributed by atoms with Crippen LogP contribution in [0.5, 0.6) is 0 Å². The minimum absolute atomic E-state index is 0.0447. The normalized spacial score (nSPS) is 15.3. The largest absolute Gasteiger partial charge is 0.481 e. The van der Waals surface area contributed by atoms with Gasteiger partial charge >= 0.3 is 5.97 Å². The van der Waals surface area contributed by atoms with Crippen molar-refractivity contribution < 1.29 is 23.5 Å². The van der Waals surface area contributed by atoms with E-state index in [2.05, 4.69) is 10.3 Å². The molecule has 45 heavy (non-hydrogen) atoms. The van der Waals surface area contributed by atoms with Crippen molar-refractivity contribution in [2.45, 2.75) is 65.2 Å². The van der Waals surface area contributed by atoms with Gasteiger partial charge in [0.15, 0.2) is 5.82 Å². The molecule has 238 valence electrons. The molecule has 5 rings (SSSR count). The summed E-state index contributed by atoms with van der Waals surface area (Å²) in [5.74, 6) is -2.74. The Balaban J connectivity index is 1.51. The van der Waals surface area contributed by atoms with Crippen LogP contribution in [0.4, 0.5) is 8.78 Å². The summed E-state index contributed by atoms with van der Waals surface area (Å²) in [7, 11) is 0. The lowest BCUT2D eigenvalue weighted by atomic mass is 9.95. The van der Waals surface area contributed by atoms with E-state index < -0.39 is 47.9 Å². The third-order valence-electron chi connectivity index (χ3n) is 8.38. The summed E-state index contributed by atoms with van der Waals surface area (Å²) in [6.45, 7) is 8.91. The Morgan fingerprint density at radius 1 is 1.13 bits per heavy atom. The second-order valence-electron chi connectivity index (χ2n) is 12.4. The van der Waals surface area contributed by atoms with Crippen LogP contribution in [0, 0.1) is 25.6 Å². The molecule has 3 aromatic heterocycles. The number of likely N-dealkylation sites (tertiary alicyclic amines) is 1. The average Bonchev–Trinajstić information content (AvgIpc) is 3.43. The third kappa shape index (κ3) is 7.14. The second-order valence-corrected chi connectivity index (χ2v) is 12.4. The fourth-order valence-corrected chi connectivity index (χ4v) is 6.11. The van der Waals surface area contributed by atoms with Crippen molar-refractivity contribution in [2.75, 3.05) is 19.6 Å². The lowest BCUT2D eigenvalue weighted by molar-refractivity contribution is -0.138. The van der Waals surface area contributed by atoms with E-state index in [-0.39, 0.29) is 12.3 Å². The van der Waals surface area contributed by atoms with Gasteiger partial charge in [-0.25, -0.2) is 13.8 Å². The number of carboxylic acids is 1. The van der Waals surface area contributed by atoms with E-state index in [0.717, 1.165) is 33.0 Å². The van der Waals surface area contributed by atoms with Gasteiger partial charge < -0.3 is 15.0 Å². The maximum Gasteiger partial charge on any atom is 0.305 e. The Morgan fingerprint density at radius 3 is 2.49 bits per heavy atom. The van der Waals surface area contributed by atoms with Crippen LogP contribution in [0.25, 0.3) is 16.9 Å². The van der Waals surface area contributed by atoms with Crippen LogP contribution < -0.4 is 10.9 Å². The predicted molar refractivity (Wildman–Crippen MR) is 167 cm³/mol. The summed E-state index contributed by atoms with van der Waals surface area (Å²) >= 11 is 0. The number of imidazole rings is 1. The zero-order valence-electron chi connectivity index (χ0n) is 26.0. The number of halogens is 2. The zero-order chi connectivity index (χ0) is 32.4. The molecule has 1 saturated heterocycles. The van der Waals surface area contributed by atoms with Crippen LogP contribution in [-0.2, 0) is 16.0 Å². The maximum absolute atomic E-state index is 14.9. The number of hydrogen-bond acceptors (Lipinski definition) is 5. The molecule has 1 aliphatic rings. The van der Waals surface area contributed by atoms with Crippen LogP contribution in [0.2, 0.25) is 0 Å². The van der Waals surface area contributed by atoms with Crippen molar-refractivity contribution in [2.24, 2.45) is 5.92 Å². The third-order valence-corrected chi connectivity index (χ3v) is 8.38. The molecule has 9 nitrogen and oxygen atoms in total. The van der Waals surface area contributed by atoms with Crippen molar-refractivity contribution in [3.8, 4) is 11.3 Å². The summed E-state index contributed by atoms with van der Waals surface area (Å²) in [6.07, 6.45) is 4.30. The number of pyridine rings is 2. The van der Waals surface area contributed by atoms with E-state index in [0.29, 0.717) is 42.8 Å². The molecule has 2 N–H and O–H groups in total. The summed E-state index contributed by atoms with van der Waals surface area (Å²) in [5, 5.41) is 12.7. The summed E-state index contributed by atoms with van der Waals surface area (Å²) in [6, 6.07) is 8.68. The van der Waals surface area contributed by atoms with Gasteiger partial charge in [0, 0.05) is 43.8 Å². The fourth-order valence-electron chi connectivity index (χ4n) is 6.11. The molecule has 0 radical (unpaired) electrons. The number of carbonyl (C=O) groups excluding carboxylic acids is 1. The highest BCUT2D eigenvalue weighted by atomic mass is 19.1. The first-order valence-electron chi connectivity index (χ1n) is 15.2. The van der Waals surface area contributed by atoms with E-state index in [1.807, 2.05) is 67.5 Å². The van der Waals surface area contributed by atoms with Gasteiger partial charge in [0.05, 0.1) is 18.2 Å². The molecule has 1 fully saturated rings. The van der Waals surface area contributed by atoms with Crippen molar-refractivity contribution in [3.05, 3.63) is 93.4 Å². The minimum Gasteiger partial charge on any atom is -0.481 e. The van der Waals surface area contributed by atoms with Gasteiger partial charge in [0.2, 0.25) is 5.91 Å². The lowest BCUT2D eigenvalue weighted by Gasteiger charge is -2.34. The first-order chi connectivity index (χ1) is 21.4. The van der Waals surface area contributed by atoms with Crippen LogP contribution in [0.3, 0.4) is 0 Å². The average molecular weight is 620 g/mol. The van der Waals surface area contributed by atoms with Crippen LogP contribution in [0.1, 0.15) is 61.0 Å². The Bertz CT molecular complexity index is 1760. The van der Waals surface area contributed by atoms with Crippen molar-refractivity contribution in [1.82, 2.24) is 24.2 Å². The van der Waals surface area contributed by atoms with Crippen molar-refractivity contribution in [1.29, 1.82) is 0 Å². The highest BCUT2D eigenvalue weighted by molar-refractivity contribution is 5.82. The Kier molecular flexibility index (Phi) is 9.48. The highest BCUT2D eigenvalue weighted by Crippen LogP contribution is 2.32. The Labute approximate surface area is 260 Å². The monoisotopic (exact) mass is 619 g/mol. The first-order valence-corrected chi connectivity index (χ1v) is 15.2. The number of nitrogens with one attached hydrogen (secondary N) is 1. The Hall–Kier alpha value is -4.38. The van der Waals surface area contributed by atoms with Crippen molar-refractivity contribution >= 4 is 17.5 Å². The predicted octanol–water partition coefficient (Wildman–Crippen LogP) is 5.03. The lowest BCUT2D eigenvalue weighted by Crippen LogP contribution is -2.49. The topological polar surface area (TPSA) is 109 Å². The molecule has 1 unspecified atom stereocenters. The number of benzene rings is 1. The van der Waals surface area contributed by atoms with Crippen molar-refractivity contribution in [3.63, 3.8) is 0 Å². The second kappa shape index (κ2) is 13.3. The quantitative estimate of drug-likeness (QED) is 0.230. The maximum atomic E-state index is 14.9. The molecule has 11 heteroatoms. The van der Waals surface area contributed by atoms with Gasteiger partial charge in [0.25, 0.3) is 5.56 Å². The number of aromatic nitrogens is 3. The highest BCUT2D eigenvalue weighted by Gasteiger charge is 2.29. The summed E-state index contributed by atoms with van der Waals surface area (Å²) in [5.41, 5.74) is 4.53. The molecule has 4 heterocycles. The molecular formula is C34H39F2N5O4. The molecule has 0 aliphatic carbocycles. The van der Waals surface area contributed by atoms with E-state index in [1.165, 1.54) is 6.20 Å². The molecule has 1 amide bonds. The van der Waals surface area contributed by atoms with Crippen LogP contribution in [0.15, 0.2) is 59.8 Å². The van der Waals surface area contributed by atoms with Gasteiger partial charge in [-0.3, -0.25) is 23.7 Å². The first kappa shape index (κ1) is 32.0. The van der Waals surface area contributed by atoms with E-state index in [4.69, 9.17) is 0 Å². The van der Waals surface area contributed by atoms with Gasteiger partial charge in [-0.2, -0.15) is 0 Å². The van der Waals surface area contributed by atoms with Gasteiger partial charge in [-0.15, -0.1) is 0 Å². The molecule has 1 aromatic carbocycles. The number of carboxylic acid groups (broad SMARTS) is 1. The number of aliphatic carboxylic acids is 1. The number of nitrogens with zero attached hydrogens (tertiary/aromatic N) is 4.